The Labute approximate surface area is 175 Å². The van der Waals surface area contributed by atoms with Crippen molar-refractivity contribution < 1.29 is 9.59 Å². The molecule has 0 aromatic rings. The molecule has 0 aliphatic carbocycles. The van der Waals surface area contributed by atoms with Crippen LogP contribution in [0.5, 0.6) is 0 Å². The zero-order chi connectivity index (χ0) is 20.9. The van der Waals surface area contributed by atoms with Crippen LogP contribution in [0, 0.1) is 0 Å². The van der Waals surface area contributed by atoms with E-state index in [-0.39, 0.29) is 18.0 Å². The zero-order valence-electron chi connectivity index (χ0n) is 19.1. The van der Waals surface area contributed by atoms with Gasteiger partial charge in [0.1, 0.15) is 6.17 Å². The molecule has 2 amide bonds. The van der Waals surface area contributed by atoms with Crippen LogP contribution in [0.2, 0.25) is 0 Å². The van der Waals surface area contributed by atoms with E-state index in [4.69, 9.17) is 0 Å². The second kappa shape index (κ2) is 20.7. The van der Waals surface area contributed by atoms with Crippen molar-refractivity contribution in [2.45, 2.75) is 143 Å². The molecule has 0 atom stereocenters. The van der Waals surface area contributed by atoms with E-state index < -0.39 is 0 Å². The average molecular weight is 397 g/mol. The van der Waals surface area contributed by atoms with E-state index in [1.165, 1.54) is 64.2 Å². The van der Waals surface area contributed by atoms with E-state index in [9.17, 15) is 9.59 Å². The summed E-state index contributed by atoms with van der Waals surface area (Å²) < 4.78 is 0. The molecule has 2 N–H and O–H groups in total. The first-order valence-electron chi connectivity index (χ1n) is 12.2. The smallest absolute Gasteiger partial charge is 0.221 e. The van der Waals surface area contributed by atoms with E-state index in [0.717, 1.165) is 38.5 Å². The lowest BCUT2D eigenvalue weighted by Crippen LogP contribution is -2.47. The molecule has 4 nitrogen and oxygen atoms in total. The van der Waals surface area contributed by atoms with Crippen LogP contribution in [0.4, 0.5) is 0 Å². The Bertz CT molecular complexity index is 340. The maximum atomic E-state index is 12.2. The molecule has 0 unspecified atom stereocenters. The van der Waals surface area contributed by atoms with Gasteiger partial charge in [0.05, 0.1) is 0 Å². The first-order valence-corrected chi connectivity index (χ1v) is 12.2. The third-order valence-corrected chi connectivity index (χ3v) is 5.26. The Balaban J connectivity index is 3.84. The van der Waals surface area contributed by atoms with Crippen LogP contribution < -0.4 is 10.6 Å². The molecular formula is C24H48N2O2. The van der Waals surface area contributed by atoms with Gasteiger partial charge in [-0.25, -0.2) is 0 Å². The van der Waals surface area contributed by atoms with Crippen molar-refractivity contribution in [1.29, 1.82) is 0 Å². The summed E-state index contributed by atoms with van der Waals surface area (Å²) in [6.07, 6.45) is 19.6. The SMILES string of the molecule is CCCCCCCCCC(=O)NC(CCC)NC(=O)CCCCCCCCC. The summed E-state index contributed by atoms with van der Waals surface area (Å²) in [6, 6.07) is 0. The summed E-state index contributed by atoms with van der Waals surface area (Å²) in [6.45, 7) is 6.53. The molecule has 0 aromatic carbocycles. The normalized spacial score (nSPS) is 11.0. The van der Waals surface area contributed by atoms with Gasteiger partial charge in [0.15, 0.2) is 0 Å². The maximum Gasteiger partial charge on any atom is 0.221 e. The summed E-state index contributed by atoms with van der Waals surface area (Å²) in [7, 11) is 0. The van der Waals surface area contributed by atoms with Gasteiger partial charge in [-0.2, -0.15) is 0 Å². The Kier molecular flexibility index (Phi) is 19.9. The monoisotopic (exact) mass is 396 g/mol. The van der Waals surface area contributed by atoms with Crippen molar-refractivity contribution in [3.05, 3.63) is 0 Å². The molecule has 0 aromatic heterocycles. The minimum atomic E-state index is -0.209. The molecule has 0 radical (unpaired) electrons. The first kappa shape index (κ1) is 26.9. The molecule has 166 valence electrons. The fourth-order valence-electron chi connectivity index (χ4n) is 3.49. The molecule has 0 bridgehead atoms. The van der Waals surface area contributed by atoms with Crippen molar-refractivity contribution in [3.63, 3.8) is 0 Å². The lowest BCUT2D eigenvalue weighted by atomic mass is 10.1. The molecule has 28 heavy (non-hydrogen) atoms. The Hall–Kier alpha value is -1.06. The quantitative estimate of drug-likeness (QED) is 0.179. The topological polar surface area (TPSA) is 58.2 Å². The van der Waals surface area contributed by atoms with E-state index in [0.29, 0.717) is 12.8 Å². The summed E-state index contributed by atoms with van der Waals surface area (Å²) >= 11 is 0. The molecule has 0 fully saturated rings. The molecule has 0 aliphatic rings. The molecule has 4 heteroatoms. The number of carbonyl (C=O) groups is 2. The standard InChI is InChI=1S/C24H48N2O2/c1-4-7-9-11-13-15-17-20-23(27)25-22(19-6-3)26-24(28)21-18-16-14-12-10-8-5-2/h22H,4-21H2,1-3H3,(H,25,27)(H,26,28). The summed E-state index contributed by atoms with van der Waals surface area (Å²) in [5.41, 5.74) is 0. The van der Waals surface area contributed by atoms with E-state index in [1.807, 2.05) is 0 Å². The van der Waals surface area contributed by atoms with Gasteiger partial charge in [-0.3, -0.25) is 9.59 Å². The van der Waals surface area contributed by atoms with Gasteiger partial charge in [-0.15, -0.1) is 0 Å². The van der Waals surface area contributed by atoms with Crippen LogP contribution in [0.15, 0.2) is 0 Å². The van der Waals surface area contributed by atoms with Gasteiger partial charge in [-0.1, -0.05) is 104 Å². The second-order valence-electron chi connectivity index (χ2n) is 8.22. The molecule has 0 aliphatic heterocycles. The number of carbonyl (C=O) groups excluding carboxylic acids is 2. The second-order valence-corrected chi connectivity index (χ2v) is 8.22. The molecule has 0 saturated carbocycles. The van der Waals surface area contributed by atoms with Gasteiger partial charge < -0.3 is 10.6 Å². The highest BCUT2D eigenvalue weighted by atomic mass is 16.2. The number of amides is 2. The number of hydrogen-bond donors (Lipinski definition) is 2. The van der Waals surface area contributed by atoms with Crippen molar-refractivity contribution in [1.82, 2.24) is 10.6 Å². The largest absolute Gasteiger partial charge is 0.336 e. The minimum Gasteiger partial charge on any atom is -0.336 e. The first-order chi connectivity index (χ1) is 13.6. The highest BCUT2D eigenvalue weighted by Crippen LogP contribution is 2.10. The van der Waals surface area contributed by atoms with E-state index >= 15 is 0 Å². The van der Waals surface area contributed by atoms with Crippen molar-refractivity contribution in [2.75, 3.05) is 0 Å². The predicted octanol–water partition coefficient (Wildman–Crippen LogP) is 6.63. The maximum absolute atomic E-state index is 12.2. The van der Waals surface area contributed by atoms with E-state index in [1.54, 1.807) is 0 Å². The third-order valence-electron chi connectivity index (χ3n) is 5.26. The van der Waals surface area contributed by atoms with Crippen LogP contribution >= 0.6 is 0 Å². The highest BCUT2D eigenvalue weighted by Gasteiger charge is 2.13. The lowest BCUT2D eigenvalue weighted by Gasteiger charge is -2.20. The fourth-order valence-corrected chi connectivity index (χ4v) is 3.49. The number of hydrogen-bond acceptors (Lipinski definition) is 2. The zero-order valence-corrected chi connectivity index (χ0v) is 19.1. The Morgan fingerprint density at radius 3 is 1.25 bits per heavy atom. The van der Waals surface area contributed by atoms with Gasteiger partial charge in [-0.05, 0) is 19.3 Å². The fraction of sp³-hybridized carbons (Fsp3) is 0.917. The van der Waals surface area contributed by atoms with Gasteiger partial charge in [0, 0.05) is 12.8 Å². The lowest BCUT2D eigenvalue weighted by molar-refractivity contribution is -0.124. The van der Waals surface area contributed by atoms with Gasteiger partial charge in [0.2, 0.25) is 11.8 Å². The molecule has 0 heterocycles. The molecule has 0 saturated heterocycles. The van der Waals surface area contributed by atoms with Crippen LogP contribution in [-0.4, -0.2) is 18.0 Å². The summed E-state index contributed by atoms with van der Waals surface area (Å²) in [5.74, 6) is 0.145. The van der Waals surface area contributed by atoms with Crippen molar-refractivity contribution in [3.8, 4) is 0 Å². The van der Waals surface area contributed by atoms with Crippen LogP contribution in [0.3, 0.4) is 0 Å². The van der Waals surface area contributed by atoms with Crippen LogP contribution in [0.25, 0.3) is 0 Å². The van der Waals surface area contributed by atoms with Crippen LogP contribution in [-0.2, 0) is 9.59 Å². The minimum absolute atomic E-state index is 0.0724. The van der Waals surface area contributed by atoms with Crippen molar-refractivity contribution in [2.24, 2.45) is 0 Å². The number of nitrogens with one attached hydrogen (secondary N) is 2. The molecule has 0 rings (SSSR count). The summed E-state index contributed by atoms with van der Waals surface area (Å²) in [4.78, 5) is 24.3. The number of unbranched alkanes of at least 4 members (excludes halogenated alkanes) is 12. The van der Waals surface area contributed by atoms with E-state index in [2.05, 4.69) is 31.4 Å². The van der Waals surface area contributed by atoms with Crippen molar-refractivity contribution >= 4 is 11.8 Å². The number of rotatable bonds is 20. The predicted molar refractivity (Wildman–Crippen MR) is 120 cm³/mol. The van der Waals surface area contributed by atoms with Gasteiger partial charge >= 0.3 is 0 Å². The average Bonchev–Trinajstić information content (AvgIpc) is 2.66. The highest BCUT2D eigenvalue weighted by molar-refractivity contribution is 5.79. The molecular weight excluding hydrogens is 348 g/mol. The van der Waals surface area contributed by atoms with Crippen LogP contribution in [0.1, 0.15) is 136 Å². The Morgan fingerprint density at radius 1 is 0.536 bits per heavy atom. The van der Waals surface area contributed by atoms with Gasteiger partial charge in [0.25, 0.3) is 0 Å². The Morgan fingerprint density at radius 2 is 0.893 bits per heavy atom. The third kappa shape index (κ3) is 18.3. The summed E-state index contributed by atoms with van der Waals surface area (Å²) in [5, 5.41) is 6.03. The molecule has 0 spiro atoms.